The largest absolute Gasteiger partial charge is 0.451 e. The van der Waals surface area contributed by atoms with Crippen LogP contribution in [0.2, 0.25) is 0 Å². The predicted octanol–water partition coefficient (Wildman–Crippen LogP) is 4.93. The van der Waals surface area contributed by atoms with Crippen LogP contribution in [0.15, 0.2) is 71.1 Å². The van der Waals surface area contributed by atoms with E-state index in [1.165, 1.54) is 0 Å². The number of nitrogens with zero attached hydrogens (tertiary/aromatic N) is 3. The van der Waals surface area contributed by atoms with Crippen molar-refractivity contribution in [2.24, 2.45) is 0 Å². The van der Waals surface area contributed by atoms with Crippen LogP contribution in [0, 0.1) is 6.92 Å². The Labute approximate surface area is 197 Å². The van der Waals surface area contributed by atoms with Gasteiger partial charge >= 0.3 is 5.97 Å². The Balaban J connectivity index is 1.46. The molecule has 8 nitrogen and oxygen atoms in total. The Kier molecular flexibility index (Phi) is 6.32. The van der Waals surface area contributed by atoms with Gasteiger partial charge in [0.15, 0.2) is 12.3 Å². The number of ether oxygens (including phenoxy) is 1. The normalized spacial score (nSPS) is 11.3. The van der Waals surface area contributed by atoms with Crippen LogP contribution in [-0.2, 0) is 14.9 Å². The number of hydrogen-bond donors (Lipinski definition) is 1. The maximum Gasteiger partial charge on any atom is 0.361 e. The molecule has 174 valence electrons. The van der Waals surface area contributed by atoms with E-state index in [1.54, 1.807) is 11.6 Å². The van der Waals surface area contributed by atoms with E-state index in [9.17, 15) is 9.59 Å². The van der Waals surface area contributed by atoms with Gasteiger partial charge in [-0.2, -0.15) is 5.10 Å². The Morgan fingerprint density at radius 2 is 1.68 bits per heavy atom. The molecule has 8 heteroatoms. The molecule has 1 N–H and O–H groups in total. The summed E-state index contributed by atoms with van der Waals surface area (Å²) in [6.45, 7) is 7.28. The fourth-order valence-electron chi connectivity index (χ4n) is 3.27. The van der Waals surface area contributed by atoms with Crippen molar-refractivity contribution in [3.8, 4) is 17.1 Å². The molecule has 2 aromatic carbocycles. The van der Waals surface area contributed by atoms with E-state index in [0.29, 0.717) is 17.5 Å². The van der Waals surface area contributed by atoms with Crippen molar-refractivity contribution >= 4 is 17.7 Å². The minimum Gasteiger partial charge on any atom is -0.451 e. The third kappa shape index (κ3) is 5.06. The van der Waals surface area contributed by atoms with Crippen molar-refractivity contribution in [3.63, 3.8) is 0 Å². The lowest BCUT2D eigenvalue weighted by Crippen LogP contribution is -2.22. The summed E-state index contributed by atoms with van der Waals surface area (Å²) in [5, 5.41) is 7.46. The predicted molar refractivity (Wildman–Crippen MR) is 128 cm³/mol. The van der Waals surface area contributed by atoms with E-state index in [4.69, 9.17) is 9.15 Å². The molecule has 4 aromatic rings. The first-order chi connectivity index (χ1) is 16.2. The fourth-order valence-corrected chi connectivity index (χ4v) is 3.27. The number of esters is 1. The summed E-state index contributed by atoms with van der Waals surface area (Å²) < 4.78 is 12.5. The lowest BCUT2D eigenvalue weighted by atomic mass is 9.92. The molecule has 0 saturated heterocycles. The zero-order chi connectivity index (χ0) is 24.3. The number of para-hydroxylation sites is 1. The lowest BCUT2D eigenvalue weighted by Gasteiger charge is -2.14. The number of amides is 1. The number of carbonyl (C=O) groups excluding carboxylic acids is 2. The van der Waals surface area contributed by atoms with Gasteiger partial charge in [0.25, 0.3) is 5.91 Å². The molecule has 0 aliphatic carbocycles. The minimum atomic E-state index is -0.731. The molecule has 1 amide bonds. The van der Waals surface area contributed by atoms with E-state index < -0.39 is 18.5 Å². The Hall–Kier alpha value is -4.20. The van der Waals surface area contributed by atoms with Crippen molar-refractivity contribution < 1.29 is 18.7 Å². The van der Waals surface area contributed by atoms with Gasteiger partial charge in [0.05, 0.1) is 11.4 Å². The van der Waals surface area contributed by atoms with E-state index in [-0.39, 0.29) is 11.1 Å². The molecular formula is C26H26N4O4. The molecule has 34 heavy (non-hydrogen) atoms. The first-order valence-electron chi connectivity index (χ1n) is 10.9. The Bertz CT molecular complexity index is 1300. The zero-order valence-electron chi connectivity index (χ0n) is 19.5. The molecule has 0 radical (unpaired) electrons. The van der Waals surface area contributed by atoms with Gasteiger partial charge in [-0.05, 0) is 31.2 Å². The highest BCUT2D eigenvalue weighted by Gasteiger charge is 2.23. The molecule has 2 aromatic heterocycles. The molecular weight excluding hydrogens is 432 g/mol. The van der Waals surface area contributed by atoms with Crippen LogP contribution < -0.4 is 5.32 Å². The number of rotatable bonds is 6. The van der Waals surface area contributed by atoms with Gasteiger partial charge in [-0.25, -0.2) is 14.5 Å². The summed E-state index contributed by atoms with van der Waals surface area (Å²) in [4.78, 5) is 29.4. The summed E-state index contributed by atoms with van der Waals surface area (Å²) >= 11 is 0. The van der Waals surface area contributed by atoms with Crippen LogP contribution in [0.1, 0.15) is 42.7 Å². The van der Waals surface area contributed by atoms with Gasteiger partial charge in [0.2, 0.25) is 5.89 Å². The highest BCUT2D eigenvalue weighted by molar-refractivity contribution is 5.95. The number of carbonyl (C=O) groups is 2. The number of oxazole rings is 1. The van der Waals surface area contributed by atoms with Crippen LogP contribution in [0.3, 0.4) is 0 Å². The number of benzene rings is 2. The summed E-state index contributed by atoms with van der Waals surface area (Å²) in [7, 11) is 0. The molecule has 0 aliphatic rings. The molecule has 0 bridgehead atoms. The van der Waals surface area contributed by atoms with Crippen molar-refractivity contribution in [1.82, 2.24) is 14.8 Å². The van der Waals surface area contributed by atoms with Gasteiger partial charge in [0, 0.05) is 17.0 Å². The monoisotopic (exact) mass is 458 g/mol. The number of nitrogens with one attached hydrogen (secondary N) is 1. The smallest absolute Gasteiger partial charge is 0.361 e. The van der Waals surface area contributed by atoms with Crippen LogP contribution >= 0.6 is 0 Å². The van der Waals surface area contributed by atoms with Crippen molar-refractivity contribution in [3.05, 3.63) is 83.9 Å². The minimum absolute atomic E-state index is 0.0380. The fraction of sp³-hybridized carbons (Fsp3) is 0.231. The highest BCUT2D eigenvalue weighted by Crippen LogP contribution is 2.26. The van der Waals surface area contributed by atoms with Gasteiger partial charge in [0.1, 0.15) is 11.6 Å². The van der Waals surface area contributed by atoms with Crippen LogP contribution in [-0.4, -0.2) is 33.2 Å². The molecule has 0 atom stereocenters. The number of aromatic nitrogens is 3. The average molecular weight is 459 g/mol. The second-order valence-corrected chi connectivity index (χ2v) is 8.83. The molecule has 0 spiro atoms. The average Bonchev–Trinajstić information content (AvgIpc) is 3.42. The van der Waals surface area contributed by atoms with Crippen molar-refractivity contribution in [2.45, 2.75) is 33.1 Å². The first kappa shape index (κ1) is 23.0. The van der Waals surface area contributed by atoms with Gasteiger partial charge in [-0.3, -0.25) is 4.79 Å². The van der Waals surface area contributed by atoms with E-state index in [1.807, 2.05) is 87.5 Å². The van der Waals surface area contributed by atoms with Gasteiger partial charge < -0.3 is 14.5 Å². The second kappa shape index (κ2) is 9.35. The summed E-state index contributed by atoms with van der Waals surface area (Å²) in [6, 6.07) is 20.5. The quantitative estimate of drug-likeness (QED) is 0.411. The highest BCUT2D eigenvalue weighted by atomic mass is 16.5. The molecule has 0 aliphatic heterocycles. The third-order valence-electron chi connectivity index (χ3n) is 5.09. The van der Waals surface area contributed by atoms with Crippen LogP contribution in [0.5, 0.6) is 0 Å². The van der Waals surface area contributed by atoms with E-state index >= 15 is 0 Å². The maximum absolute atomic E-state index is 12.6. The molecule has 0 saturated carbocycles. The standard InChI is InChI=1S/C26H26N4O4/c1-17-23(28-24(34-17)18-11-7-5-8-12-18)25(32)33-16-22(31)27-21-15-20(26(2,3)4)29-30(21)19-13-9-6-10-14-19/h5-15H,16H2,1-4H3,(H,27,31). The number of anilines is 1. The third-order valence-corrected chi connectivity index (χ3v) is 5.09. The second-order valence-electron chi connectivity index (χ2n) is 8.83. The maximum atomic E-state index is 12.6. The SMILES string of the molecule is Cc1oc(-c2ccccc2)nc1C(=O)OCC(=O)Nc1cc(C(C)(C)C)nn1-c1ccccc1. The zero-order valence-corrected chi connectivity index (χ0v) is 19.5. The number of aryl methyl sites for hydroxylation is 1. The molecule has 4 rings (SSSR count). The topological polar surface area (TPSA) is 99.2 Å². The summed E-state index contributed by atoms with van der Waals surface area (Å²) in [5.41, 5.74) is 2.18. The van der Waals surface area contributed by atoms with Gasteiger partial charge in [-0.15, -0.1) is 0 Å². The van der Waals surface area contributed by atoms with Crippen LogP contribution in [0.4, 0.5) is 5.82 Å². The Morgan fingerprint density at radius 3 is 2.32 bits per heavy atom. The molecule has 2 heterocycles. The van der Waals surface area contributed by atoms with Crippen molar-refractivity contribution in [2.75, 3.05) is 11.9 Å². The summed E-state index contributed by atoms with van der Waals surface area (Å²) in [6.07, 6.45) is 0. The molecule has 0 unspecified atom stereocenters. The lowest BCUT2D eigenvalue weighted by molar-refractivity contribution is -0.119. The summed E-state index contributed by atoms with van der Waals surface area (Å²) in [5.74, 6) is -0.0980. The Morgan fingerprint density at radius 1 is 1.03 bits per heavy atom. The number of hydrogen-bond acceptors (Lipinski definition) is 6. The van der Waals surface area contributed by atoms with E-state index in [2.05, 4.69) is 15.4 Å². The van der Waals surface area contributed by atoms with Crippen LogP contribution in [0.25, 0.3) is 17.1 Å². The van der Waals surface area contributed by atoms with Gasteiger partial charge in [-0.1, -0.05) is 57.2 Å². The molecule has 0 fully saturated rings. The van der Waals surface area contributed by atoms with E-state index in [0.717, 1.165) is 16.9 Å². The van der Waals surface area contributed by atoms with Crippen molar-refractivity contribution in [1.29, 1.82) is 0 Å². The first-order valence-corrected chi connectivity index (χ1v) is 10.9.